The molecule has 124 valence electrons. The minimum Gasteiger partial charge on any atom is -0.454 e. The van der Waals surface area contributed by atoms with E-state index in [9.17, 15) is 13.2 Å². The second-order valence-electron chi connectivity index (χ2n) is 4.52. The maximum Gasteiger partial charge on any atom is 0.422 e. The zero-order valence-electron chi connectivity index (χ0n) is 12.6. The van der Waals surface area contributed by atoms with Crippen LogP contribution in [-0.2, 0) is 0 Å². The van der Waals surface area contributed by atoms with Crippen LogP contribution >= 0.6 is 0 Å². The molecule has 2 aromatic rings. The molecule has 0 aliphatic heterocycles. The minimum absolute atomic E-state index is 0.0356. The summed E-state index contributed by atoms with van der Waals surface area (Å²) >= 11 is 0. The van der Waals surface area contributed by atoms with E-state index in [-0.39, 0.29) is 17.8 Å². The highest BCUT2D eigenvalue weighted by Gasteiger charge is 2.29. The van der Waals surface area contributed by atoms with Gasteiger partial charge < -0.3 is 10.1 Å². The highest BCUT2D eigenvalue weighted by atomic mass is 19.4. The SMILES string of the molecule is CNc1nc(Nc2nc(C)cc(C)n2)nc(OCC(F)(F)F)n1. The molecule has 2 N–H and O–H groups in total. The number of hydrogen-bond donors (Lipinski definition) is 2. The van der Waals surface area contributed by atoms with E-state index in [0.29, 0.717) is 0 Å². The zero-order chi connectivity index (χ0) is 17.0. The first kappa shape index (κ1) is 16.6. The normalized spacial score (nSPS) is 11.2. The summed E-state index contributed by atoms with van der Waals surface area (Å²) in [6.07, 6.45) is -4.49. The number of halogens is 3. The van der Waals surface area contributed by atoms with Crippen LogP contribution in [0.4, 0.5) is 31.0 Å². The monoisotopic (exact) mass is 329 g/mol. The van der Waals surface area contributed by atoms with E-state index in [4.69, 9.17) is 0 Å². The van der Waals surface area contributed by atoms with Gasteiger partial charge in [0.15, 0.2) is 6.61 Å². The van der Waals surface area contributed by atoms with Crippen LogP contribution in [-0.4, -0.2) is 44.8 Å². The number of nitrogens with one attached hydrogen (secondary N) is 2. The minimum atomic E-state index is -4.49. The molecule has 23 heavy (non-hydrogen) atoms. The van der Waals surface area contributed by atoms with Crippen molar-refractivity contribution in [3.63, 3.8) is 0 Å². The summed E-state index contributed by atoms with van der Waals surface area (Å²) in [5.74, 6) is 0.230. The summed E-state index contributed by atoms with van der Waals surface area (Å²) < 4.78 is 41.2. The Bertz CT molecular complexity index is 673. The van der Waals surface area contributed by atoms with Crippen LogP contribution < -0.4 is 15.4 Å². The van der Waals surface area contributed by atoms with Crippen molar-refractivity contribution in [2.24, 2.45) is 0 Å². The van der Waals surface area contributed by atoms with Crippen molar-refractivity contribution in [3.05, 3.63) is 17.5 Å². The molecule has 11 heteroatoms. The Balaban J connectivity index is 2.23. The van der Waals surface area contributed by atoms with Gasteiger partial charge in [0.05, 0.1) is 0 Å². The molecule has 0 unspecified atom stereocenters. The second-order valence-corrected chi connectivity index (χ2v) is 4.52. The average molecular weight is 329 g/mol. The van der Waals surface area contributed by atoms with Crippen LogP contribution in [0.15, 0.2) is 6.07 Å². The molecule has 0 amide bonds. The highest BCUT2D eigenvalue weighted by molar-refractivity contribution is 5.46. The first-order valence-corrected chi connectivity index (χ1v) is 6.48. The number of aryl methyl sites for hydroxylation is 2. The van der Waals surface area contributed by atoms with Crippen LogP contribution in [0.2, 0.25) is 0 Å². The number of rotatable bonds is 5. The van der Waals surface area contributed by atoms with Crippen molar-refractivity contribution in [2.45, 2.75) is 20.0 Å². The molecule has 0 atom stereocenters. The Morgan fingerprint density at radius 3 is 2.09 bits per heavy atom. The van der Waals surface area contributed by atoms with Gasteiger partial charge in [0.25, 0.3) is 0 Å². The summed E-state index contributed by atoms with van der Waals surface area (Å²) in [5, 5.41) is 5.32. The fourth-order valence-corrected chi connectivity index (χ4v) is 1.62. The van der Waals surface area contributed by atoms with Gasteiger partial charge in [-0.2, -0.15) is 28.1 Å². The van der Waals surface area contributed by atoms with Gasteiger partial charge in [0, 0.05) is 18.4 Å². The molecule has 0 saturated heterocycles. The Hall–Kier alpha value is -2.72. The van der Waals surface area contributed by atoms with Crippen molar-refractivity contribution in [2.75, 3.05) is 24.3 Å². The van der Waals surface area contributed by atoms with Crippen LogP contribution in [0.3, 0.4) is 0 Å². The molecule has 0 bridgehead atoms. The molecular weight excluding hydrogens is 315 g/mol. The van der Waals surface area contributed by atoms with Crippen molar-refractivity contribution in [1.82, 2.24) is 24.9 Å². The van der Waals surface area contributed by atoms with E-state index >= 15 is 0 Å². The maximum absolute atomic E-state index is 12.2. The lowest BCUT2D eigenvalue weighted by Crippen LogP contribution is -2.20. The third kappa shape index (κ3) is 5.20. The zero-order valence-corrected chi connectivity index (χ0v) is 12.6. The largest absolute Gasteiger partial charge is 0.454 e. The van der Waals surface area contributed by atoms with Gasteiger partial charge in [-0.3, -0.25) is 5.32 Å². The van der Waals surface area contributed by atoms with Crippen molar-refractivity contribution >= 4 is 17.8 Å². The van der Waals surface area contributed by atoms with Gasteiger partial charge in [-0.15, -0.1) is 0 Å². The van der Waals surface area contributed by atoms with Crippen molar-refractivity contribution in [1.29, 1.82) is 0 Å². The van der Waals surface area contributed by atoms with Crippen LogP contribution in [0.1, 0.15) is 11.4 Å². The first-order valence-electron chi connectivity index (χ1n) is 6.48. The van der Waals surface area contributed by atoms with Crippen LogP contribution in [0.25, 0.3) is 0 Å². The predicted octanol–water partition coefficient (Wildman–Crippen LogP) is 2.00. The lowest BCUT2D eigenvalue weighted by atomic mass is 10.4. The Morgan fingerprint density at radius 2 is 1.52 bits per heavy atom. The van der Waals surface area contributed by atoms with E-state index in [2.05, 4.69) is 40.3 Å². The van der Waals surface area contributed by atoms with E-state index in [0.717, 1.165) is 11.4 Å². The van der Waals surface area contributed by atoms with Gasteiger partial charge in [0.2, 0.25) is 17.8 Å². The van der Waals surface area contributed by atoms with Crippen molar-refractivity contribution in [3.8, 4) is 6.01 Å². The Kier molecular flexibility index (Phi) is 4.77. The molecule has 0 spiro atoms. The molecule has 0 saturated carbocycles. The number of anilines is 3. The number of hydrogen-bond acceptors (Lipinski definition) is 8. The Morgan fingerprint density at radius 1 is 0.957 bits per heavy atom. The standard InChI is InChI=1S/C12H14F3N7O/c1-6-4-7(2)18-9(17-6)20-10-19-8(16-3)21-11(22-10)23-5-12(13,14)15/h4H,5H2,1-3H3,(H2,16,17,18,19,20,21,22). The van der Waals surface area contributed by atoms with Gasteiger partial charge >= 0.3 is 12.2 Å². The smallest absolute Gasteiger partial charge is 0.422 e. The maximum atomic E-state index is 12.2. The van der Waals surface area contributed by atoms with Gasteiger partial charge in [-0.05, 0) is 19.9 Å². The van der Waals surface area contributed by atoms with Crippen molar-refractivity contribution < 1.29 is 17.9 Å². The highest BCUT2D eigenvalue weighted by Crippen LogP contribution is 2.18. The third-order valence-electron chi connectivity index (χ3n) is 2.41. The summed E-state index contributed by atoms with van der Waals surface area (Å²) in [6.45, 7) is 2.06. The second kappa shape index (κ2) is 6.58. The fourth-order valence-electron chi connectivity index (χ4n) is 1.62. The molecule has 0 radical (unpaired) electrons. The number of ether oxygens (including phenoxy) is 1. The lowest BCUT2D eigenvalue weighted by Gasteiger charge is -2.10. The molecular formula is C12H14F3N7O. The summed E-state index contributed by atoms with van der Waals surface area (Å²) in [4.78, 5) is 19.7. The topological polar surface area (TPSA) is 97.7 Å². The Labute approximate surface area is 129 Å². The summed E-state index contributed by atoms with van der Waals surface area (Å²) in [6, 6.07) is 1.31. The molecule has 8 nitrogen and oxygen atoms in total. The molecule has 2 rings (SSSR count). The van der Waals surface area contributed by atoms with E-state index < -0.39 is 18.8 Å². The predicted molar refractivity (Wildman–Crippen MR) is 75.7 cm³/mol. The molecule has 0 aromatic carbocycles. The molecule has 2 heterocycles. The molecule has 0 aliphatic carbocycles. The molecule has 0 fully saturated rings. The van der Waals surface area contributed by atoms with E-state index in [1.165, 1.54) is 7.05 Å². The van der Waals surface area contributed by atoms with Gasteiger partial charge in [-0.1, -0.05) is 0 Å². The molecule has 2 aromatic heterocycles. The average Bonchev–Trinajstić information content (AvgIpc) is 2.43. The number of alkyl halides is 3. The fraction of sp³-hybridized carbons (Fsp3) is 0.417. The van der Waals surface area contributed by atoms with E-state index in [1.54, 1.807) is 19.9 Å². The number of nitrogens with zero attached hydrogens (tertiary/aromatic N) is 5. The summed E-state index contributed by atoms with van der Waals surface area (Å²) in [5.41, 5.74) is 1.44. The van der Waals surface area contributed by atoms with Gasteiger partial charge in [-0.25, -0.2) is 9.97 Å². The quantitative estimate of drug-likeness (QED) is 0.859. The third-order valence-corrected chi connectivity index (χ3v) is 2.41. The van der Waals surface area contributed by atoms with Crippen LogP contribution in [0, 0.1) is 13.8 Å². The summed E-state index contributed by atoms with van der Waals surface area (Å²) in [7, 11) is 1.51. The number of aromatic nitrogens is 5. The van der Waals surface area contributed by atoms with Gasteiger partial charge in [0.1, 0.15) is 0 Å². The first-order chi connectivity index (χ1) is 10.7. The van der Waals surface area contributed by atoms with E-state index in [1.807, 2.05) is 0 Å². The molecule has 0 aliphatic rings. The van der Waals surface area contributed by atoms with Crippen LogP contribution in [0.5, 0.6) is 6.01 Å². The lowest BCUT2D eigenvalue weighted by molar-refractivity contribution is -0.154.